The topological polar surface area (TPSA) is 119 Å². The van der Waals surface area contributed by atoms with Gasteiger partial charge in [0.25, 0.3) is 0 Å². The van der Waals surface area contributed by atoms with Crippen LogP contribution in [0.15, 0.2) is 0 Å². The Labute approximate surface area is 196 Å². The van der Waals surface area contributed by atoms with Gasteiger partial charge in [-0.25, -0.2) is 0 Å². The number of unbranched alkanes of at least 4 members (excludes halogenated alkanes) is 1. The van der Waals surface area contributed by atoms with Gasteiger partial charge in [-0.3, -0.25) is 24.1 Å². The Morgan fingerprint density at radius 1 is 1.35 bits per heavy atom. The number of fused-ring (bicyclic) bond motifs is 2. The van der Waals surface area contributed by atoms with E-state index in [1.165, 1.54) is 0 Å². The predicted octanol–water partition coefficient (Wildman–Crippen LogP) is 1.10. The Hall–Kier alpha value is -1.43. The van der Waals surface area contributed by atoms with Crippen molar-refractivity contribution in [3.8, 4) is 0 Å². The molecule has 9 nitrogen and oxygen atoms in total. The zero-order chi connectivity index (χ0) is 22.9. The van der Waals surface area contributed by atoms with Gasteiger partial charge in [-0.05, 0) is 38.1 Å². The number of carboxylic acid groups (broad SMARTS) is 1. The second-order valence-corrected chi connectivity index (χ2v) is 10.9. The summed E-state index contributed by atoms with van der Waals surface area (Å²) in [6.07, 6.45) is 3.40. The molecule has 3 amide bonds. The number of aliphatic carboxylic acids is 1. The summed E-state index contributed by atoms with van der Waals surface area (Å²) in [5.74, 6) is -1.79. The van der Waals surface area contributed by atoms with Gasteiger partial charge < -0.3 is 20.6 Å². The zero-order valence-corrected chi connectivity index (χ0v) is 20.6. The van der Waals surface area contributed by atoms with Gasteiger partial charge in [-0.15, -0.1) is 0 Å². The zero-order valence-electron chi connectivity index (χ0n) is 18.4. The minimum absolute atomic E-state index is 0.164. The van der Waals surface area contributed by atoms with Crippen LogP contribution in [0.4, 0.5) is 0 Å². The fourth-order valence-corrected chi connectivity index (χ4v) is 6.54. The second-order valence-electron chi connectivity index (χ2n) is 9.18. The minimum atomic E-state index is -1.14. The van der Waals surface area contributed by atoms with Crippen molar-refractivity contribution in [2.75, 3.05) is 13.1 Å². The molecule has 3 rings (SSSR count). The molecule has 5 atom stereocenters. The monoisotopic (exact) mass is 548 g/mol. The van der Waals surface area contributed by atoms with E-state index >= 15 is 0 Å². The van der Waals surface area contributed by atoms with Crippen molar-refractivity contribution in [2.24, 2.45) is 5.92 Å². The van der Waals surface area contributed by atoms with Crippen molar-refractivity contribution in [2.45, 2.75) is 87.0 Å². The fourth-order valence-electron chi connectivity index (χ4n) is 4.93. The molecule has 0 saturated carbocycles. The first-order chi connectivity index (χ1) is 14.6. The molecule has 0 aliphatic carbocycles. The van der Waals surface area contributed by atoms with Gasteiger partial charge >= 0.3 is 5.97 Å². The Morgan fingerprint density at radius 2 is 2.06 bits per heavy atom. The fraction of sp³-hybridized carbons (Fsp3) is 0.810. The lowest BCUT2D eigenvalue weighted by Crippen LogP contribution is -2.58. The van der Waals surface area contributed by atoms with Crippen LogP contribution in [0.1, 0.15) is 59.3 Å². The average molecular weight is 548 g/mol. The second kappa shape index (κ2) is 9.60. The quantitative estimate of drug-likeness (QED) is 0.138. The number of amides is 3. The van der Waals surface area contributed by atoms with Crippen LogP contribution in [0.25, 0.3) is 0 Å². The number of alkyl halides is 1. The molecule has 0 aromatic carbocycles. The Morgan fingerprint density at radius 3 is 2.68 bits per heavy atom. The summed E-state index contributed by atoms with van der Waals surface area (Å²) in [7, 11) is 0. The number of carbonyl (C=O) groups is 4. The van der Waals surface area contributed by atoms with Crippen LogP contribution in [-0.4, -0.2) is 79.4 Å². The summed E-state index contributed by atoms with van der Waals surface area (Å²) in [5.41, 5.74) is 0. The van der Waals surface area contributed by atoms with Gasteiger partial charge in [0.15, 0.2) is 0 Å². The lowest BCUT2D eigenvalue weighted by atomic mass is 10.0. The van der Waals surface area contributed by atoms with Gasteiger partial charge in [0.2, 0.25) is 17.7 Å². The molecule has 1 unspecified atom stereocenters. The highest BCUT2D eigenvalue weighted by Crippen LogP contribution is 2.55. The van der Waals surface area contributed by atoms with Gasteiger partial charge in [-0.1, -0.05) is 49.8 Å². The molecule has 3 heterocycles. The molecule has 10 heteroatoms. The molecular formula is C21H33IN4O5. The van der Waals surface area contributed by atoms with Crippen LogP contribution in [0.5, 0.6) is 0 Å². The van der Waals surface area contributed by atoms with Gasteiger partial charge in [-0.2, -0.15) is 0 Å². The highest BCUT2D eigenvalue weighted by atomic mass is 127. The summed E-state index contributed by atoms with van der Waals surface area (Å²) < 4.78 is -0.805. The summed E-state index contributed by atoms with van der Waals surface area (Å²) in [6, 6.07) is -2.51. The molecule has 0 radical (unpaired) electrons. The summed E-state index contributed by atoms with van der Waals surface area (Å²) in [4.78, 5) is 54.8. The molecule has 0 aromatic heterocycles. The van der Waals surface area contributed by atoms with E-state index in [9.17, 15) is 24.3 Å². The van der Waals surface area contributed by atoms with Gasteiger partial charge in [0.1, 0.15) is 15.6 Å². The lowest BCUT2D eigenvalue weighted by molar-refractivity contribution is -0.142. The number of carbonyl (C=O) groups excluding carboxylic acids is 3. The van der Waals surface area contributed by atoms with Crippen molar-refractivity contribution < 1.29 is 24.3 Å². The third-order valence-corrected chi connectivity index (χ3v) is 8.22. The number of hydrogen-bond acceptors (Lipinski definition) is 5. The third-order valence-electron chi connectivity index (χ3n) is 6.40. The van der Waals surface area contributed by atoms with E-state index in [4.69, 9.17) is 0 Å². The molecule has 0 bridgehead atoms. The molecule has 174 valence electrons. The molecule has 0 spiro atoms. The van der Waals surface area contributed by atoms with E-state index in [-0.39, 0.29) is 17.9 Å². The van der Waals surface area contributed by atoms with Crippen molar-refractivity contribution in [1.82, 2.24) is 20.4 Å². The van der Waals surface area contributed by atoms with Crippen LogP contribution in [0, 0.1) is 5.92 Å². The molecule has 31 heavy (non-hydrogen) atoms. The average Bonchev–Trinajstić information content (AvgIpc) is 3.02. The summed E-state index contributed by atoms with van der Waals surface area (Å²) >= 11 is 2.22. The molecule has 3 fully saturated rings. The van der Waals surface area contributed by atoms with E-state index in [1.807, 2.05) is 4.90 Å². The highest BCUT2D eigenvalue weighted by molar-refractivity contribution is 14.1. The Bertz CT molecular complexity index is 747. The Balaban J connectivity index is 2.02. The summed E-state index contributed by atoms with van der Waals surface area (Å²) in [5, 5.41) is 15.0. The number of hydrogen-bond donors (Lipinski definition) is 3. The molecule has 3 aliphatic heterocycles. The van der Waals surface area contributed by atoms with Crippen LogP contribution >= 0.6 is 22.6 Å². The van der Waals surface area contributed by atoms with E-state index in [2.05, 4.69) is 54.0 Å². The number of halogens is 1. The number of nitrogens with one attached hydrogen (secondary N) is 2. The number of nitrogens with zero attached hydrogens (tertiary/aromatic N) is 2. The smallest absolute Gasteiger partial charge is 0.305 e. The first kappa shape index (κ1) is 24.2. The van der Waals surface area contributed by atoms with Gasteiger partial charge in [0, 0.05) is 6.54 Å². The standard InChI is InChI=1S/C21H33IN4O5/c1-4-5-8-23-19(30)17-21(22)15(10-12(2)3)26(21)20(31)13(11-16(27)28)24-18(29)14-7-6-9-25(14)17/h12-15,17H,4-11H2,1-3H3,(H,23,30)(H,24,29)(H,27,28)/t13-,14+,15-,17+,21?,26?/m0/s1. The number of rotatable bonds is 8. The van der Waals surface area contributed by atoms with Crippen molar-refractivity contribution in [1.29, 1.82) is 0 Å². The lowest BCUT2D eigenvalue weighted by Gasteiger charge is -2.34. The number of carboxylic acids is 1. The van der Waals surface area contributed by atoms with Crippen molar-refractivity contribution in [3.63, 3.8) is 0 Å². The highest BCUT2D eigenvalue weighted by Gasteiger charge is 2.72. The molecule has 3 aliphatic rings. The van der Waals surface area contributed by atoms with Crippen LogP contribution < -0.4 is 10.6 Å². The van der Waals surface area contributed by atoms with Crippen LogP contribution in [0.3, 0.4) is 0 Å². The molecule has 3 N–H and O–H groups in total. The Kier molecular flexibility index (Phi) is 7.50. The molecule has 3 saturated heterocycles. The maximum atomic E-state index is 13.4. The SMILES string of the molecule is CCCCNC(=O)[C@H]1N2CCC[C@@H]2C(=O)N[C@@H](CC(=O)O)C(=O)N2[C@@H](CC(C)C)C12I. The molecular weight excluding hydrogens is 515 g/mol. The van der Waals surface area contributed by atoms with Crippen LogP contribution in [-0.2, 0) is 19.2 Å². The third kappa shape index (κ3) is 4.69. The largest absolute Gasteiger partial charge is 0.481 e. The minimum Gasteiger partial charge on any atom is -0.481 e. The van der Waals surface area contributed by atoms with Crippen molar-refractivity contribution in [3.05, 3.63) is 0 Å². The van der Waals surface area contributed by atoms with E-state index in [0.717, 1.165) is 19.3 Å². The normalized spacial score (nSPS) is 33.1. The first-order valence-corrected chi connectivity index (χ1v) is 12.3. The predicted molar refractivity (Wildman–Crippen MR) is 122 cm³/mol. The van der Waals surface area contributed by atoms with E-state index in [0.29, 0.717) is 31.8 Å². The van der Waals surface area contributed by atoms with E-state index in [1.54, 1.807) is 4.90 Å². The van der Waals surface area contributed by atoms with Crippen molar-refractivity contribution >= 4 is 46.3 Å². The van der Waals surface area contributed by atoms with Gasteiger partial charge in [0.05, 0.1) is 18.5 Å². The first-order valence-electron chi connectivity index (χ1n) is 11.2. The summed E-state index contributed by atoms with van der Waals surface area (Å²) in [6.45, 7) is 7.32. The maximum absolute atomic E-state index is 13.4. The molecule has 0 aromatic rings. The maximum Gasteiger partial charge on any atom is 0.305 e. The van der Waals surface area contributed by atoms with E-state index < -0.39 is 40.0 Å². The van der Waals surface area contributed by atoms with Crippen LogP contribution in [0.2, 0.25) is 0 Å².